The minimum atomic E-state index is -3.95. The number of nitro benzene ring substituents is 1. The first-order chi connectivity index (χ1) is 9.86. The predicted octanol–water partition coefficient (Wildman–Crippen LogP) is 0.0821. The molecule has 0 spiro atoms. The maximum atomic E-state index is 13.3. The second kappa shape index (κ2) is 6.02. The first-order valence-corrected chi connectivity index (χ1v) is 7.56. The molecule has 1 unspecified atom stereocenters. The number of halogens is 1. The Labute approximate surface area is 120 Å². The van der Waals surface area contributed by atoms with Crippen molar-refractivity contribution >= 4 is 15.7 Å². The van der Waals surface area contributed by atoms with Crippen LogP contribution < -0.4 is 5.73 Å². The minimum absolute atomic E-state index is 0.0595. The van der Waals surface area contributed by atoms with Crippen LogP contribution in [0.3, 0.4) is 0 Å². The van der Waals surface area contributed by atoms with Gasteiger partial charge in [0.2, 0.25) is 15.8 Å². The topological polar surface area (TPSA) is 116 Å². The highest BCUT2D eigenvalue weighted by atomic mass is 32.2. The largest absolute Gasteiger partial charge is 0.374 e. The summed E-state index contributed by atoms with van der Waals surface area (Å²) in [5.74, 6) is -1.08. The van der Waals surface area contributed by atoms with E-state index in [2.05, 4.69) is 0 Å². The van der Waals surface area contributed by atoms with Crippen LogP contribution in [0.5, 0.6) is 0 Å². The zero-order valence-electron chi connectivity index (χ0n) is 10.9. The Kier molecular flexibility index (Phi) is 4.52. The van der Waals surface area contributed by atoms with Crippen LogP contribution in [0.25, 0.3) is 0 Å². The van der Waals surface area contributed by atoms with Gasteiger partial charge in [-0.25, -0.2) is 8.42 Å². The summed E-state index contributed by atoms with van der Waals surface area (Å²) in [7, 11) is -3.95. The highest BCUT2D eigenvalue weighted by molar-refractivity contribution is 7.89. The first-order valence-electron chi connectivity index (χ1n) is 6.12. The van der Waals surface area contributed by atoms with Crippen molar-refractivity contribution in [2.75, 3.05) is 26.2 Å². The van der Waals surface area contributed by atoms with E-state index in [-0.39, 0.29) is 31.1 Å². The molecule has 1 saturated heterocycles. The summed E-state index contributed by atoms with van der Waals surface area (Å²) in [6, 6.07) is 2.49. The molecule has 0 bridgehead atoms. The third-order valence-corrected chi connectivity index (χ3v) is 4.98. The molecule has 0 amide bonds. The maximum Gasteiger partial charge on any atom is 0.306 e. The number of nitrogens with zero attached hydrogens (tertiary/aromatic N) is 2. The number of ether oxygens (including phenoxy) is 1. The smallest absolute Gasteiger partial charge is 0.306 e. The van der Waals surface area contributed by atoms with Crippen molar-refractivity contribution in [3.8, 4) is 0 Å². The standard InChI is InChI=1S/C11H14FN3O5S/c12-10-2-1-9(5-11(10)15(16)17)21(18,19)14-3-4-20-8(6-13)7-14/h1-2,5,8H,3-4,6-7,13H2. The summed E-state index contributed by atoms with van der Waals surface area (Å²) < 4.78 is 44.5. The molecule has 116 valence electrons. The predicted molar refractivity (Wildman–Crippen MR) is 70.6 cm³/mol. The molecule has 1 fully saturated rings. The minimum Gasteiger partial charge on any atom is -0.374 e. The number of benzene rings is 1. The van der Waals surface area contributed by atoms with E-state index in [4.69, 9.17) is 10.5 Å². The monoisotopic (exact) mass is 319 g/mol. The van der Waals surface area contributed by atoms with E-state index in [9.17, 15) is 22.9 Å². The Hall–Kier alpha value is -1.62. The normalized spacial score (nSPS) is 20.4. The van der Waals surface area contributed by atoms with E-state index in [0.717, 1.165) is 22.5 Å². The molecule has 10 heteroatoms. The second-order valence-electron chi connectivity index (χ2n) is 4.46. The zero-order chi connectivity index (χ0) is 15.6. The Morgan fingerprint density at radius 3 is 2.86 bits per heavy atom. The lowest BCUT2D eigenvalue weighted by molar-refractivity contribution is -0.387. The van der Waals surface area contributed by atoms with Crippen LogP contribution in [-0.2, 0) is 14.8 Å². The highest BCUT2D eigenvalue weighted by Gasteiger charge is 2.31. The lowest BCUT2D eigenvalue weighted by atomic mass is 10.3. The zero-order valence-corrected chi connectivity index (χ0v) is 11.8. The van der Waals surface area contributed by atoms with Gasteiger partial charge in [0.15, 0.2) is 0 Å². The molecular formula is C11H14FN3O5S. The van der Waals surface area contributed by atoms with Crippen LogP contribution in [-0.4, -0.2) is 50.0 Å². The Balaban J connectivity index is 2.35. The Morgan fingerprint density at radius 1 is 1.52 bits per heavy atom. The molecule has 0 aromatic heterocycles. The molecule has 21 heavy (non-hydrogen) atoms. The van der Waals surface area contributed by atoms with Crippen molar-refractivity contribution in [1.29, 1.82) is 0 Å². The summed E-state index contributed by atoms with van der Waals surface area (Å²) in [6.07, 6.45) is -0.427. The van der Waals surface area contributed by atoms with Crippen LogP contribution in [0.15, 0.2) is 23.1 Å². The van der Waals surface area contributed by atoms with Gasteiger partial charge in [-0.05, 0) is 12.1 Å². The van der Waals surface area contributed by atoms with E-state index < -0.39 is 32.6 Å². The van der Waals surface area contributed by atoms with Crippen molar-refractivity contribution < 1.29 is 22.5 Å². The Morgan fingerprint density at radius 2 is 2.24 bits per heavy atom. The van der Waals surface area contributed by atoms with E-state index in [1.807, 2.05) is 0 Å². The number of morpholine rings is 1. The fourth-order valence-corrected chi connectivity index (χ4v) is 3.47. The van der Waals surface area contributed by atoms with Gasteiger partial charge in [-0.3, -0.25) is 10.1 Å². The number of nitrogens with two attached hydrogens (primary N) is 1. The van der Waals surface area contributed by atoms with Gasteiger partial charge >= 0.3 is 5.69 Å². The fourth-order valence-electron chi connectivity index (χ4n) is 2.00. The van der Waals surface area contributed by atoms with E-state index >= 15 is 0 Å². The first kappa shape index (κ1) is 15.8. The van der Waals surface area contributed by atoms with Gasteiger partial charge in [-0.1, -0.05) is 0 Å². The molecular weight excluding hydrogens is 305 g/mol. The second-order valence-corrected chi connectivity index (χ2v) is 6.40. The number of nitro groups is 1. The third kappa shape index (κ3) is 3.18. The van der Waals surface area contributed by atoms with Gasteiger partial charge in [0.05, 0.1) is 22.5 Å². The van der Waals surface area contributed by atoms with E-state index in [1.165, 1.54) is 0 Å². The van der Waals surface area contributed by atoms with Crippen LogP contribution in [0.4, 0.5) is 10.1 Å². The molecule has 1 atom stereocenters. The molecule has 8 nitrogen and oxygen atoms in total. The lowest BCUT2D eigenvalue weighted by Gasteiger charge is -2.31. The summed E-state index contributed by atoms with van der Waals surface area (Å²) in [6.45, 7) is 0.522. The molecule has 2 N–H and O–H groups in total. The molecule has 1 aromatic carbocycles. The van der Waals surface area contributed by atoms with Crippen molar-refractivity contribution in [2.45, 2.75) is 11.0 Å². The molecule has 2 rings (SSSR count). The maximum absolute atomic E-state index is 13.3. The summed E-state index contributed by atoms with van der Waals surface area (Å²) >= 11 is 0. The average Bonchev–Trinajstić information content (AvgIpc) is 2.47. The van der Waals surface area contributed by atoms with Gasteiger partial charge in [-0.2, -0.15) is 8.70 Å². The quantitative estimate of drug-likeness (QED) is 0.621. The van der Waals surface area contributed by atoms with Gasteiger partial charge < -0.3 is 10.5 Å². The van der Waals surface area contributed by atoms with E-state index in [1.54, 1.807) is 0 Å². The van der Waals surface area contributed by atoms with E-state index in [0.29, 0.717) is 0 Å². The molecule has 1 aromatic rings. The molecule has 1 aliphatic rings. The van der Waals surface area contributed by atoms with Crippen molar-refractivity contribution in [1.82, 2.24) is 4.31 Å². The summed E-state index contributed by atoms with van der Waals surface area (Å²) in [5.41, 5.74) is 4.57. The molecule has 1 heterocycles. The summed E-state index contributed by atoms with van der Waals surface area (Å²) in [5, 5.41) is 10.7. The van der Waals surface area contributed by atoms with Crippen LogP contribution >= 0.6 is 0 Å². The van der Waals surface area contributed by atoms with Gasteiger partial charge in [0.1, 0.15) is 0 Å². The number of rotatable bonds is 4. The number of hydrogen-bond donors (Lipinski definition) is 1. The Bertz CT molecular complexity index is 651. The summed E-state index contributed by atoms with van der Waals surface area (Å²) in [4.78, 5) is 9.41. The molecule has 0 radical (unpaired) electrons. The van der Waals surface area contributed by atoms with Crippen molar-refractivity contribution in [3.63, 3.8) is 0 Å². The fraction of sp³-hybridized carbons (Fsp3) is 0.455. The van der Waals surface area contributed by atoms with Crippen LogP contribution in [0.2, 0.25) is 0 Å². The van der Waals surface area contributed by atoms with Gasteiger partial charge in [0, 0.05) is 25.7 Å². The van der Waals surface area contributed by atoms with Crippen LogP contribution in [0, 0.1) is 15.9 Å². The van der Waals surface area contributed by atoms with Crippen LogP contribution in [0.1, 0.15) is 0 Å². The number of sulfonamides is 1. The average molecular weight is 319 g/mol. The van der Waals surface area contributed by atoms with Crippen molar-refractivity contribution in [2.24, 2.45) is 5.73 Å². The number of hydrogen-bond acceptors (Lipinski definition) is 6. The molecule has 0 saturated carbocycles. The van der Waals surface area contributed by atoms with Gasteiger partial charge in [0.25, 0.3) is 0 Å². The van der Waals surface area contributed by atoms with Gasteiger partial charge in [-0.15, -0.1) is 0 Å². The molecule has 1 aliphatic heterocycles. The molecule has 0 aliphatic carbocycles. The highest BCUT2D eigenvalue weighted by Crippen LogP contribution is 2.25. The van der Waals surface area contributed by atoms with Crippen molar-refractivity contribution in [3.05, 3.63) is 34.1 Å². The third-order valence-electron chi connectivity index (χ3n) is 3.12. The lowest BCUT2D eigenvalue weighted by Crippen LogP contribution is -2.48. The SMILES string of the molecule is NCC1CN(S(=O)(=O)c2ccc(F)c([N+](=O)[O-])c2)CCO1.